The third-order valence-electron chi connectivity index (χ3n) is 4.67. The van der Waals surface area contributed by atoms with Gasteiger partial charge in [-0.25, -0.2) is 14.5 Å². The number of hydrogen-bond acceptors (Lipinski definition) is 3. The summed E-state index contributed by atoms with van der Waals surface area (Å²) in [7, 11) is 0. The largest absolute Gasteiger partial charge is 0.265 e. The SMILES string of the molecule is c1ccc2nc3cc(C[n+]4ccc(-c5ccncc5)cc4)ccc3nc2c1. The Morgan fingerprint density at radius 2 is 1.26 bits per heavy atom. The second-order valence-electron chi connectivity index (χ2n) is 6.53. The van der Waals surface area contributed by atoms with Crippen molar-refractivity contribution in [1.29, 1.82) is 0 Å². The Bertz CT molecular complexity index is 1230. The molecule has 3 aromatic heterocycles. The number of fused-ring (bicyclic) bond motifs is 2. The molecule has 0 saturated carbocycles. The Kier molecular flexibility index (Phi) is 3.79. The van der Waals surface area contributed by atoms with Gasteiger partial charge in [-0.05, 0) is 47.5 Å². The summed E-state index contributed by atoms with van der Waals surface area (Å²) in [6.07, 6.45) is 7.84. The van der Waals surface area contributed by atoms with Crippen molar-refractivity contribution in [1.82, 2.24) is 15.0 Å². The molecule has 0 unspecified atom stereocenters. The van der Waals surface area contributed by atoms with E-state index in [1.165, 1.54) is 16.7 Å². The van der Waals surface area contributed by atoms with E-state index in [-0.39, 0.29) is 0 Å². The molecule has 0 aliphatic heterocycles. The molecule has 0 radical (unpaired) electrons. The number of nitrogens with zero attached hydrogens (tertiary/aromatic N) is 4. The van der Waals surface area contributed by atoms with Gasteiger partial charge < -0.3 is 0 Å². The van der Waals surface area contributed by atoms with Crippen LogP contribution in [0.3, 0.4) is 0 Å². The van der Waals surface area contributed by atoms with E-state index >= 15 is 0 Å². The van der Waals surface area contributed by atoms with Gasteiger partial charge in [0.2, 0.25) is 0 Å². The summed E-state index contributed by atoms with van der Waals surface area (Å²) >= 11 is 0. The van der Waals surface area contributed by atoms with E-state index in [9.17, 15) is 0 Å². The van der Waals surface area contributed by atoms with Gasteiger partial charge in [0.1, 0.15) is 0 Å². The summed E-state index contributed by atoms with van der Waals surface area (Å²) in [5.74, 6) is 0. The molecule has 2 aromatic carbocycles. The lowest BCUT2D eigenvalue weighted by Gasteiger charge is -2.04. The van der Waals surface area contributed by atoms with Gasteiger partial charge in [-0.1, -0.05) is 18.2 Å². The third kappa shape index (κ3) is 3.13. The molecule has 128 valence electrons. The van der Waals surface area contributed by atoms with Crippen LogP contribution in [0.2, 0.25) is 0 Å². The first-order chi connectivity index (χ1) is 13.3. The zero-order valence-electron chi connectivity index (χ0n) is 14.7. The zero-order chi connectivity index (χ0) is 18.1. The van der Waals surface area contributed by atoms with Crippen LogP contribution in [0.4, 0.5) is 0 Å². The minimum absolute atomic E-state index is 0.793. The van der Waals surface area contributed by atoms with Crippen molar-refractivity contribution >= 4 is 22.1 Å². The number of para-hydroxylation sites is 2. The van der Waals surface area contributed by atoms with Gasteiger partial charge in [0.15, 0.2) is 18.9 Å². The smallest absolute Gasteiger partial charge is 0.173 e. The molecule has 4 nitrogen and oxygen atoms in total. The van der Waals surface area contributed by atoms with E-state index < -0.39 is 0 Å². The number of rotatable bonds is 3. The van der Waals surface area contributed by atoms with Crippen molar-refractivity contribution in [2.45, 2.75) is 6.54 Å². The predicted molar refractivity (Wildman–Crippen MR) is 106 cm³/mol. The van der Waals surface area contributed by atoms with Crippen molar-refractivity contribution in [2.75, 3.05) is 0 Å². The molecule has 27 heavy (non-hydrogen) atoms. The maximum atomic E-state index is 4.76. The van der Waals surface area contributed by atoms with Gasteiger partial charge in [-0.15, -0.1) is 0 Å². The van der Waals surface area contributed by atoms with Crippen LogP contribution in [-0.4, -0.2) is 15.0 Å². The summed E-state index contributed by atoms with van der Waals surface area (Å²) in [4.78, 5) is 13.5. The summed E-state index contributed by atoms with van der Waals surface area (Å²) in [5, 5.41) is 0. The second kappa shape index (κ2) is 6.57. The number of benzene rings is 2. The highest BCUT2D eigenvalue weighted by atomic mass is 14.9. The molecule has 5 aromatic rings. The van der Waals surface area contributed by atoms with Crippen LogP contribution in [0, 0.1) is 0 Å². The fourth-order valence-corrected chi connectivity index (χ4v) is 3.27. The fraction of sp³-hybridized carbons (Fsp3) is 0.0435. The van der Waals surface area contributed by atoms with Crippen LogP contribution in [0.15, 0.2) is 91.5 Å². The van der Waals surface area contributed by atoms with Crippen LogP contribution >= 0.6 is 0 Å². The molecule has 0 aliphatic rings. The van der Waals surface area contributed by atoms with E-state index in [0.717, 1.165) is 28.6 Å². The highest BCUT2D eigenvalue weighted by Gasteiger charge is 2.07. The Hall–Kier alpha value is -3.66. The Labute approximate surface area is 156 Å². The molecule has 0 bridgehead atoms. The first-order valence-corrected chi connectivity index (χ1v) is 8.90. The van der Waals surface area contributed by atoms with Crippen molar-refractivity contribution in [3.05, 3.63) is 97.1 Å². The van der Waals surface area contributed by atoms with E-state index in [0.29, 0.717) is 0 Å². The quantitative estimate of drug-likeness (QED) is 0.362. The minimum atomic E-state index is 0.793. The molecule has 4 heteroatoms. The van der Waals surface area contributed by atoms with Gasteiger partial charge in [-0.2, -0.15) is 0 Å². The number of hydrogen-bond donors (Lipinski definition) is 0. The van der Waals surface area contributed by atoms with Gasteiger partial charge in [0.05, 0.1) is 22.1 Å². The minimum Gasteiger partial charge on any atom is -0.265 e. The molecule has 0 spiro atoms. The molecule has 0 N–H and O–H groups in total. The van der Waals surface area contributed by atoms with Crippen molar-refractivity contribution in [3.8, 4) is 11.1 Å². The molecule has 0 fully saturated rings. The molecule has 0 saturated heterocycles. The Balaban J connectivity index is 1.44. The Morgan fingerprint density at radius 1 is 0.630 bits per heavy atom. The monoisotopic (exact) mass is 349 g/mol. The molecule has 5 rings (SSSR count). The maximum Gasteiger partial charge on any atom is 0.173 e. The second-order valence-corrected chi connectivity index (χ2v) is 6.53. The molecule has 0 amide bonds. The standard InChI is InChI=1S/C23H17N4/c1-2-4-21-20(3-1)25-22-6-5-17(15-23(22)26-21)16-27-13-9-19(10-14-27)18-7-11-24-12-8-18/h1-15H,16H2/q+1. The molecule has 3 heterocycles. The average Bonchev–Trinajstić information content (AvgIpc) is 2.73. The summed E-state index contributed by atoms with van der Waals surface area (Å²) < 4.78 is 2.17. The van der Waals surface area contributed by atoms with Crippen molar-refractivity contribution in [3.63, 3.8) is 0 Å². The average molecular weight is 349 g/mol. The lowest BCUT2D eigenvalue weighted by atomic mass is 10.1. The number of pyridine rings is 2. The summed E-state index contributed by atoms with van der Waals surface area (Å²) in [6.45, 7) is 0.793. The Morgan fingerprint density at radius 3 is 2.00 bits per heavy atom. The lowest BCUT2D eigenvalue weighted by molar-refractivity contribution is -0.688. The van der Waals surface area contributed by atoms with Gasteiger partial charge >= 0.3 is 0 Å². The molecular formula is C23H17N4+. The van der Waals surface area contributed by atoms with Crippen molar-refractivity contribution in [2.24, 2.45) is 0 Å². The molecule has 0 atom stereocenters. The summed E-state index contributed by atoms with van der Waals surface area (Å²) in [5.41, 5.74) is 7.27. The van der Waals surface area contributed by atoms with Gasteiger partial charge in [-0.3, -0.25) is 4.98 Å². The van der Waals surface area contributed by atoms with Crippen LogP contribution in [-0.2, 0) is 6.54 Å². The van der Waals surface area contributed by atoms with Gasteiger partial charge in [0, 0.05) is 30.1 Å². The fourth-order valence-electron chi connectivity index (χ4n) is 3.27. The van der Waals surface area contributed by atoms with Crippen LogP contribution < -0.4 is 4.57 Å². The lowest BCUT2D eigenvalue weighted by Crippen LogP contribution is -2.33. The van der Waals surface area contributed by atoms with E-state index in [4.69, 9.17) is 9.97 Å². The van der Waals surface area contributed by atoms with Gasteiger partial charge in [0.25, 0.3) is 0 Å². The van der Waals surface area contributed by atoms with E-state index in [2.05, 4.69) is 52.3 Å². The first kappa shape index (κ1) is 15.6. The highest BCUT2D eigenvalue weighted by Crippen LogP contribution is 2.18. The molecule has 0 aliphatic carbocycles. The van der Waals surface area contributed by atoms with Crippen LogP contribution in [0.5, 0.6) is 0 Å². The first-order valence-electron chi connectivity index (χ1n) is 8.90. The normalized spacial score (nSPS) is 11.1. The predicted octanol–water partition coefficient (Wildman–Crippen LogP) is 4.18. The summed E-state index contributed by atoms with van der Waals surface area (Å²) in [6, 6.07) is 22.6. The molecular weight excluding hydrogens is 332 g/mol. The zero-order valence-corrected chi connectivity index (χ0v) is 14.7. The van der Waals surface area contributed by atoms with Crippen LogP contribution in [0.1, 0.15) is 5.56 Å². The van der Waals surface area contributed by atoms with Crippen LogP contribution in [0.25, 0.3) is 33.2 Å². The topological polar surface area (TPSA) is 42.5 Å². The number of aromatic nitrogens is 4. The van der Waals surface area contributed by atoms with Crippen molar-refractivity contribution < 1.29 is 4.57 Å². The maximum absolute atomic E-state index is 4.76. The van der Waals surface area contributed by atoms with E-state index in [1.54, 1.807) is 0 Å². The highest BCUT2D eigenvalue weighted by molar-refractivity contribution is 5.86. The van der Waals surface area contributed by atoms with E-state index in [1.807, 2.05) is 48.8 Å². The third-order valence-corrected chi connectivity index (χ3v) is 4.67.